The van der Waals surface area contributed by atoms with Gasteiger partial charge in [-0.2, -0.15) is 4.98 Å². The summed E-state index contributed by atoms with van der Waals surface area (Å²) >= 11 is 0. The molecule has 2 N–H and O–H groups in total. The first-order valence-corrected chi connectivity index (χ1v) is 5.88. The Morgan fingerprint density at radius 3 is 2.94 bits per heavy atom. The van der Waals surface area contributed by atoms with Crippen molar-refractivity contribution in [1.29, 1.82) is 0 Å². The van der Waals surface area contributed by atoms with Gasteiger partial charge >= 0.3 is 0 Å². The topological polar surface area (TPSA) is 62.5 Å². The maximum absolute atomic E-state index is 9.73. The van der Waals surface area contributed by atoms with Crippen LogP contribution < -0.4 is 5.32 Å². The summed E-state index contributed by atoms with van der Waals surface area (Å²) in [6.45, 7) is 4.66. The average molecular weight is 234 g/mol. The first-order valence-electron chi connectivity index (χ1n) is 5.88. The second kappa shape index (κ2) is 5.14. The molecule has 0 saturated heterocycles. The van der Waals surface area contributed by atoms with E-state index in [2.05, 4.69) is 29.2 Å². The van der Waals surface area contributed by atoms with Gasteiger partial charge in [-0.3, -0.25) is 0 Å². The summed E-state index contributed by atoms with van der Waals surface area (Å²) in [4.78, 5) is 4.29. The standard InChI is InChI=1S/C12H18N4O/c1-9(2)7-10(17)8-13-12-14-11-5-3-4-6-16(11)15-12/h3-6,9-10,17H,7-8H2,1-2H3,(H,13,15). The van der Waals surface area contributed by atoms with Crippen LogP contribution in [0.15, 0.2) is 24.4 Å². The molecule has 0 fully saturated rings. The molecule has 5 nitrogen and oxygen atoms in total. The Morgan fingerprint density at radius 1 is 1.41 bits per heavy atom. The molecule has 0 aliphatic rings. The van der Waals surface area contributed by atoms with Crippen LogP contribution in [0, 0.1) is 5.92 Å². The van der Waals surface area contributed by atoms with Crippen LogP contribution in [0.4, 0.5) is 5.95 Å². The van der Waals surface area contributed by atoms with Crippen molar-refractivity contribution in [2.24, 2.45) is 5.92 Å². The molecule has 92 valence electrons. The normalized spacial score (nSPS) is 13.2. The summed E-state index contributed by atoms with van der Waals surface area (Å²) in [6.07, 6.45) is 2.26. The highest BCUT2D eigenvalue weighted by atomic mass is 16.3. The highest BCUT2D eigenvalue weighted by Crippen LogP contribution is 2.07. The monoisotopic (exact) mass is 234 g/mol. The molecule has 0 radical (unpaired) electrons. The molecule has 0 spiro atoms. The summed E-state index contributed by atoms with van der Waals surface area (Å²) in [5.74, 6) is 1.04. The average Bonchev–Trinajstić information content (AvgIpc) is 2.68. The fourth-order valence-electron chi connectivity index (χ4n) is 1.74. The third-order valence-electron chi connectivity index (χ3n) is 2.48. The maximum atomic E-state index is 9.73. The summed E-state index contributed by atoms with van der Waals surface area (Å²) in [5, 5.41) is 17.0. The van der Waals surface area contributed by atoms with Gasteiger partial charge in [0.05, 0.1) is 6.10 Å². The van der Waals surface area contributed by atoms with E-state index in [1.54, 1.807) is 4.52 Å². The van der Waals surface area contributed by atoms with Crippen LogP contribution in [0.25, 0.3) is 5.65 Å². The number of aliphatic hydroxyl groups excluding tert-OH is 1. The van der Waals surface area contributed by atoms with Gasteiger partial charge in [0.25, 0.3) is 0 Å². The number of fused-ring (bicyclic) bond motifs is 1. The van der Waals surface area contributed by atoms with Gasteiger partial charge < -0.3 is 10.4 Å². The number of rotatable bonds is 5. The van der Waals surface area contributed by atoms with Crippen LogP contribution in [-0.2, 0) is 0 Å². The number of aromatic nitrogens is 3. The molecule has 0 aliphatic carbocycles. The van der Waals surface area contributed by atoms with Crippen molar-refractivity contribution in [1.82, 2.24) is 14.6 Å². The Morgan fingerprint density at radius 2 is 2.24 bits per heavy atom. The van der Waals surface area contributed by atoms with Crippen LogP contribution in [0.2, 0.25) is 0 Å². The van der Waals surface area contributed by atoms with Crippen molar-refractivity contribution in [3.8, 4) is 0 Å². The van der Waals surface area contributed by atoms with Gasteiger partial charge in [0, 0.05) is 12.7 Å². The lowest BCUT2D eigenvalue weighted by molar-refractivity contribution is 0.161. The molecule has 17 heavy (non-hydrogen) atoms. The van der Waals surface area contributed by atoms with E-state index < -0.39 is 0 Å². The first kappa shape index (κ1) is 11.9. The molecule has 0 bridgehead atoms. The highest BCUT2D eigenvalue weighted by molar-refractivity contribution is 5.42. The lowest BCUT2D eigenvalue weighted by Gasteiger charge is -2.12. The Balaban J connectivity index is 1.95. The molecule has 1 atom stereocenters. The Kier molecular flexibility index (Phi) is 3.58. The van der Waals surface area contributed by atoms with Crippen LogP contribution in [0.1, 0.15) is 20.3 Å². The number of hydrogen-bond acceptors (Lipinski definition) is 4. The summed E-state index contributed by atoms with van der Waals surface area (Å²) in [6, 6.07) is 5.71. The Labute approximate surface area is 100 Å². The van der Waals surface area contributed by atoms with Crippen molar-refractivity contribution in [2.75, 3.05) is 11.9 Å². The van der Waals surface area contributed by atoms with E-state index in [0.29, 0.717) is 18.4 Å². The molecule has 0 saturated carbocycles. The minimum atomic E-state index is -0.360. The van der Waals surface area contributed by atoms with E-state index in [-0.39, 0.29) is 6.10 Å². The van der Waals surface area contributed by atoms with Crippen molar-refractivity contribution < 1.29 is 5.11 Å². The number of anilines is 1. The minimum Gasteiger partial charge on any atom is -0.391 e. The van der Waals surface area contributed by atoms with E-state index in [1.165, 1.54) is 0 Å². The Hall–Kier alpha value is -1.62. The number of aliphatic hydroxyl groups is 1. The molecule has 0 aliphatic heterocycles. The summed E-state index contributed by atoms with van der Waals surface area (Å²) < 4.78 is 1.71. The van der Waals surface area contributed by atoms with Gasteiger partial charge in [-0.1, -0.05) is 19.9 Å². The molecule has 2 aromatic rings. The molecule has 2 aromatic heterocycles. The number of hydrogen-bond donors (Lipinski definition) is 2. The maximum Gasteiger partial charge on any atom is 0.243 e. The van der Waals surface area contributed by atoms with Gasteiger partial charge in [0.1, 0.15) is 0 Å². The van der Waals surface area contributed by atoms with E-state index in [1.807, 2.05) is 24.4 Å². The number of nitrogens with zero attached hydrogens (tertiary/aromatic N) is 3. The zero-order valence-electron chi connectivity index (χ0n) is 10.2. The van der Waals surface area contributed by atoms with Crippen LogP contribution in [0.3, 0.4) is 0 Å². The molecule has 1 unspecified atom stereocenters. The van der Waals surface area contributed by atoms with Crippen LogP contribution >= 0.6 is 0 Å². The smallest absolute Gasteiger partial charge is 0.243 e. The molecule has 0 aromatic carbocycles. The second-order valence-corrected chi connectivity index (χ2v) is 4.60. The number of pyridine rings is 1. The van der Waals surface area contributed by atoms with Gasteiger partial charge in [-0.15, -0.1) is 5.10 Å². The third-order valence-corrected chi connectivity index (χ3v) is 2.48. The fraction of sp³-hybridized carbons (Fsp3) is 0.500. The van der Waals surface area contributed by atoms with Crippen molar-refractivity contribution in [3.05, 3.63) is 24.4 Å². The highest BCUT2D eigenvalue weighted by Gasteiger charge is 2.08. The Bertz CT molecular complexity index is 447. The van der Waals surface area contributed by atoms with Gasteiger partial charge in [-0.05, 0) is 24.5 Å². The van der Waals surface area contributed by atoms with E-state index in [0.717, 1.165) is 12.1 Å². The molecule has 2 heterocycles. The zero-order chi connectivity index (χ0) is 12.3. The molecule has 0 amide bonds. The number of nitrogens with one attached hydrogen (secondary N) is 1. The molecular formula is C12H18N4O. The van der Waals surface area contributed by atoms with Crippen molar-refractivity contribution >= 4 is 11.6 Å². The van der Waals surface area contributed by atoms with E-state index in [4.69, 9.17) is 0 Å². The van der Waals surface area contributed by atoms with Gasteiger partial charge in [0.15, 0.2) is 5.65 Å². The summed E-state index contributed by atoms with van der Waals surface area (Å²) in [7, 11) is 0. The lowest BCUT2D eigenvalue weighted by Crippen LogP contribution is -2.21. The van der Waals surface area contributed by atoms with E-state index >= 15 is 0 Å². The van der Waals surface area contributed by atoms with Gasteiger partial charge in [0.2, 0.25) is 5.95 Å². The SMILES string of the molecule is CC(C)CC(O)CNc1nc2ccccn2n1. The third kappa shape index (κ3) is 3.17. The van der Waals surface area contributed by atoms with Crippen molar-refractivity contribution in [3.63, 3.8) is 0 Å². The predicted molar refractivity (Wildman–Crippen MR) is 66.9 cm³/mol. The molecule has 5 heteroatoms. The first-order chi connectivity index (χ1) is 8.15. The predicted octanol–water partition coefficient (Wildman–Crippen LogP) is 1.55. The van der Waals surface area contributed by atoms with Crippen molar-refractivity contribution in [2.45, 2.75) is 26.4 Å². The largest absolute Gasteiger partial charge is 0.391 e. The fourth-order valence-corrected chi connectivity index (χ4v) is 1.74. The van der Waals surface area contributed by atoms with Crippen LogP contribution in [-0.4, -0.2) is 32.4 Å². The second-order valence-electron chi connectivity index (χ2n) is 4.60. The molecule has 2 rings (SSSR count). The van der Waals surface area contributed by atoms with Gasteiger partial charge in [-0.25, -0.2) is 4.52 Å². The van der Waals surface area contributed by atoms with Crippen LogP contribution in [0.5, 0.6) is 0 Å². The van der Waals surface area contributed by atoms with E-state index in [9.17, 15) is 5.11 Å². The zero-order valence-corrected chi connectivity index (χ0v) is 10.2. The lowest BCUT2D eigenvalue weighted by atomic mass is 10.1. The minimum absolute atomic E-state index is 0.360. The summed E-state index contributed by atoms with van der Waals surface area (Å²) in [5.41, 5.74) is 0.799. The quantitative estimate of drug-likeness (QED) is 0.824. The molecular weight excluding hydrogens is 216 g/mol.